The number of hydrogen-bond donors (Lipinski definition) is 1. The van der Waals surface area contributed by atoms with E-state index in [1.807, 2.05) is 0 Å². The van der Waals surface area contributed by atoms with E-state index in [-0.39, 0.29) is 22.5 Å². The van der Waals surface area contributed by atoms with E-state index in [9.17, 15) is 22.0 Å². The Kier molecular flexibility index (Phi) is 5.21. The molecular weight excluding hydrogens is 441 g/mol. The molecule has 11 heteroatoms. The molecule has 2 aromatic rings. The minimum atomic E-state index is -6.53. The zero-order valence-corrected chi connectivity index (χ0v) is 16.0. The Morgan fingerprint density at radius 1 is 1.00 bits per heavy atom. The standard InChI is InChI=1S/C19H14ClF7N2O/c1-10-8-12(4-7-14(10)28)16(17(21,22)18(23,24)19(25,26)27)9-15(29-30-16)11-2-5-13(20)6-3-11/h2-8H,9,28H2,1H3. The van der Waals surface area contributed by atoms with Crippen molar-refractivity contribution in [2.75, 3.05) is 5.73 Å². The van der Waals surface area contributed by atoms with Crippen LogP contribution >= 0.6 is 11.6 Å². The molecule has 1 unspecified atom stereocenters. The lowest BCUT2D eigenvalue weighted by atomic mass is 9.78. The van der Waals surface area contributed by atoms with Crippen LogP contribution in [0.1, 0.15) is 23.1 Å². The Hall–Kier alpha value is -2.49. The van der Waals surface area contributed by atoms with Crippen molar-refractivity contribution in [1.29, 1.82) is 0 Å². The van der Waals surface area contributed by atoms with Gasteiger partial charge in [-0.1, -0.05) is 35.0 Å². The molecule has 30 heavy (non-hydrogen) atoms. The first-order chi connectivity index (χ1) is 13.7. The Morgan fingerprint density at radius 3 is 2.13 bits per heavy atom. The summed E-state index contributed by atoms with van der Waals surface area (Å²) in [6.07, 6.45) is -7.57. The molecule has 3 rings (SSSR count). The molecule has 0 radical (unpaired) electrons. The van der Waals surface area contributed by atoms with Gasteiger partial charge in [-0.3, -0.25) is 0 Å². The molecule has 1 aliphatic rings. The van der Waals surface area contributed by atoms with Gasteiger partial charge in [0.15, 0.2) is 0 Å². The third-order valence-electron chi connectivity index (χ3n) is 4.90. The Morgan fingerprint density at radius 2 is 1.60 bits per heavy atom. The predicted molar refractivity (Wildman–Crippen MR) is 96.9 cm³/mol. The van der Waals surface area contributed by atoms with Crippen LogP contribution in [0.2, 0.25) is 5.02 Å². The monoisotopic (exact) mass is 454 g/mol. The third kappa shape index (κ3) is 3.27. The molecule has 2 N–H and O–H groups in total. The van der Waals surface area contributed by atoms with Crippen LogP contribution < -0.4 is 5.73 Å². The fraction of sp³-hybridized carbons (Fsp3) is 0.316. The summed E-state index contributed by atoms with van der Waals surface area (Å²) in [4.78, 5) is 4.75. The van der Waals surface area contributed by atoms with Crippen molar-refractivity contribution in [1.82, 2.24) is 0 Å². The number of rotatable bonds is 4. The van der Waals surface area contributed by atoms with Crippen LogP contribution in [0, 0.1) is 6.92 Å². The number of nitrogens with zero attached hydrogens (tertiary/aromatic N) is 1. The molecule has 1 heterocycles. The number of halogens is 8. The average Bonchev–Trinajstić information content (AvgIpc) is 3.10. The van der Waals surface area contributed by atoms with Gasteiger partial charge >= 0.3 is 18.0 Å². The average molecular weight is 455 g/mol. The lowest BCUT2D eigenvalue weighted by Gasteiger charge is -2.39. The van der Waals surface area contributed by atoms with Crippen molar-refractivity contribution in [3.63, 3.8) is 0 Å². The second-order valence-electron chi connectivity index (χ2n) is 6.86. The maximum atomic E-state index is 15.0. The molecule has 2 aromatic carbocycles. The second-order valence-corrected chi connectivity index (χ2v) is 7.29. The number of alkyl halides is 7. The van der Waals surface area contributed by atoms with Gasteiger partial charge in [0.05, 0.1) is 5.71 Å². The number of benzene rings is 2. The van der Waals surface area contributed by atoms with Gasteiger partial charge in [0.1, 0.15) is 0 Å². The number of nitrogens with two attached hydrogens (primary N) is 1. The Balaban J connectivity index is 2.16. The topological polar surface area (TPSA) is 47.6 Å². The minimum absolute atomic E-state index is 0.136. The summed E-state index contributed by atoms with van der Waals surface area (Å²) < 4.78 is 96.8. The number of nitrogen functional groups attached to an aromatic ring is 1. The SMILES string of the molecule is Cc1cc(C2(C(F)(F)C(F)(F)C(F)(F)F)CC(c3ccc(Cl)cc3)=NO2)ccc1N. The molecule has 0 spiro atoms. The summed E-state index contributed by atoms with van der Waals surface area (Å²) >= 11 is 5.76. The van der Waals surface area contributed by atoms with Crippen molar-refractivity contribution < 1.29 is 35.6 Å². The molecular formula is C19H14ClF7N2O. The molecule has 0 saturated carbocycles. The van der Waals surface area contributed by atoms with Gasteiger partial charge in [0.2, 0.25) is 5.60 Å². The van der Waals surface area contributed by atoms with E-state index >= 15 is 8.78 Å². The van der Waals surface area contributed by atoms with E-state index in [0.717, 1.165) is 18.2 Å². The maximum absolute atomic E-state index is 15.0. The van der Waals surface area contributed by atoms with Crippen LogP contribution in [-0.2, 0) is 10.4 Å². The van der Waals surface area contributed by atoms with E-state index in [1.165, 1.54) is 31.2 Å². The minimum Gasteiger partial charge on any atom is -0.399 e. The van der Waals surface area contributed by atoms with E-state index in [1.54, 1.807) is 0 Å². The molecule has 0 aromatic heterocycles. The van der Waals surface area contributed by atoms with Gasteiger partial charge in [-0.15, -0.1) is 0 Å². The lowest BCUT2D eigenvalue weighted by Crippen LogP contribution is -2.62. The van der Waals surface area contributed by atoms with Crippen molar-refractivity contribution in [2.45, 2.75) is 37.0 Å². The molecule has 0 aliphatic carbocycles. The van der Waals surface area contributed by atoms with Crippen LogP contribution in [-0.4, -0.2) is 23.7 Å². The van der Waals surface area contributed by atoms with Crippen molar-refractivity contribution in [3.05, 3.63) is 64.2 Å². The highest BCUT2D eigenvalue weighted by molar-refractivity contribution is 6.30. The molecule has 162 valence electrons. The zero-order chi connectivity index (χ0) is 22.5. The van der Waals surface area contributed by atoms with Gasteiger partial charge in [-0.05, 0) is 42.3 Å². The van der Waals surface area contributed by atoms with Crippen LogP contribution in [0.3, 0.4) is 0 Å². The summed E-state index contributed by atoms with van der Waals surface area (Å²) in [5.41, 5.74) is 1.87. The maximum Gasteiger partial charge on any atom is 0.460 e. The Bertz CT molecular complexity index is 989. The van der Waals surface area contributed by atoms with Gasteiger partial charge in [0, 0.05) is 22.7 Å². The first kappa shape index (κ1) is 22.2. The highest BCUT2D eigenvalue weighted by atomic mass is 35.5. The van der Waals surface area contributed by atoms with E-state index < -0.39 is 35.6 Å². The van der Waals surface area contributed by atoms with Gasteiger partial charge < -0.3 is 10.6 Å². The lowest BCUT2D eigenvalue weighted by molar-refractivity contribution is -0.393. The smallest absolute Gasteiger partial charge is 0.399 e. The normalized spacial score (nSPS) is 20.1. The molecule has 3 nitrogen and oxygen atoms in total. The highest BCUT2D eigenvalue weighted by Crippen LogP contribution is 2.58. The summed E-state index contributed by atoms with van der Waals surface area (Å²) in [6.45, 7) is 1.39. The molecule has 1 aliphatic heterocycles. The largest absolute Gasteiger partial charge is 0.460 e. The number of anilines is 1. The van der Waals surface area contributed by atoms with Crippen LogP contribution in [0.15, 0.2) is 47.6 Å². The van der Waals surface area contributed by atoms with E-state index in [0.29, 0.717) is 5.02 Å². The fourth-order valence-corrected chi connectivity index (χ4v) is 3.22. The fourth-order valence-electron chi connectivity index (χ4n) is 3.09. The Labute approximate surface area is 171 Å². The molecule has 0 bridgehead atoms. The molecule has 0 amide bonds. The predicted octanol–water partition coefficient (Wildman–Crippen LogP) is 6.08. The quantitative estimate of drug-likeness (QED) is 0.449. The first-order valence-electron chi connectivity index (χ1n) is 8.43. The molecule has 0 saturated heterocycles. The zero-order valence-electron chi connectivity index (χ0n) is 15.2. The van der Waals surface area contributed by atoms with Gasteiger partial charge in [0.25, 0.3) is 0 Å². The summed E-state index contributed by atoms with van der Waals surface area (Å²) in [6, 6.07) is 8.51. The van der Waals surface area contributed by atoms with Crippen molar-refractivity contribution >= 4 is 23.0 Å². The number of hydrogen-bond acceptors (Lipinski definition) is 3. The highest BCUT2D eigenvalue weighted by Gasteiger charge is 2.82. The summed E-state index contributed by atoms with van der Waals surface area (Å²) in [5.74, 6) is -12.1. The summed E-state index contributed by atoms with van der Waals surface area (Å²) in [7, 11) is 0. The van der Waals surface area contributed by atoms with E-state index in [4.69, 9.17) is 22.2 Å². The second kappa shape index (κ2) is 7.04. The van der Waals surface area contributed by atoms with E-state index in [2.05, 4.69) is 5.16 Å². The number of aryl methyl sites for hydroxylation is 1. The first-order valence-corrected chi connectivity index (χ1v) is 8.81. The van der Waals surface area contributed by atoms with Crippen molar-refractivity contribution in [3.8, 4) is 0 Å². The number of oxime groups is 1. The van der Waals surface area contributed by atoms with Gasteiger partial charge in [-0.25, -0.2) is 0 Å². The third-order valence-corrected chi connectivity index (χ3v) is 5.15. The van der Waals surface area contributed by atoms with Crippen LogP contribution in [0.4, 0.5) is 36.4 Å². The summed E-state index contributed by atoms with van der Waals surface area (Å²) in [5, 5.41) is 3.74. The van der Waals surface area contributed by atoms with Crippen LogP contribution in [0.25, 0.3) is 0 Å². The van der Waals surface area contributed by atoms with Crippen molar-refractivity contribution in [2.24, 2.45) is 5.16 Å². The van der Waals surface area contributed by atoms with Crippen LogP contribution in [0.5, 0.6) is 0 Å². The molecule has 0 fully saturated rings. The molecule has 1 atom stereocenters. The van der Waals surface area contributed by atoms with Gasteiger partial charge in [-0.2, -0.15) is 30.7 Å².